The van der Waals surface area contributed by atoms with Crippen LogP contribution in [-0.4, -0.2) is 5.52 Å². The van der Waals surface area contributed by atoms with Gasteiger partial charge in [-0.05, 0) is 32.4 Å². The molecule has 0 heterocycles. The van der Waals surface area contributed by atoms with Gasteiger partial charge < -0.3 is 1.43 Å². The Balaban J connectivity index is 0.00000180. The van der Waals surface area contributed by atoms with Gasteiger partial charge in [-0.1, -0.05) is 59.6 Å². The number of halogens is 2. The maximum absolute atomic E-state index is 12.3. The molecule has 0 fully saturated rings. The first-order valence-electron chi connectivity index (χ1n) is 5.40. The Morgan fingerprint density at radius 3 is 2.37 bits per heavy atom. The summed E-state index contributed by atoms with van der Waals surface area (Å²) >= 11 is 12.2. The van der Waals surface area contributed by atoms with Crippen LogP contribution in [0.25, 0.3) is 0 Å². The second-order valence-electron chi connectivity index (χ2n) is 3.87. The molecular formula is C14H12Cl2LiOP. The van der Waals surface area contributed by atoms with Gasteiger partial charge in [0.2, 0.25) is 0 Å². The van der Waals surface area contributed by atoms with E-state index < -0.39 is 0 Å². The van der Waals surface area contributed by atoms with Crippen LogP contribution in [0.3, 0.4) is 0 Å². The summed E-state index contributed by atoms with van der Waals surface area (Å²) in [5.41, 5.74) is 1.27. The first-order valence-corrected chi connectivity index (χ1v) is 7.16. The topological polar surface area (TPSA) is 17.1 Å². The molecule has 0 saturated carbocycles. The summed E-state index contributed by atoms with van der Waals surface area (Å²) in [6.45, 7) is 1.86. The van der Waals surface area contributed by atoms with E-state index in [9.17, 15) is 4.79 Å². The molecule has 0 aliphatic rings. The predicted octanol–water partition coefficient (Wildman–Crippen LogP) is 1.56. The van der Waals surface area contributed by atoms with E-state index in [1.54, 1.807) is 6.07 Å². The van der Waals surface area contributed by atoms with E-state index in [0.717, 1.165) is 10.9 Å². The standard InChI is InChI=1S/C14H11Cl2OP.Li.H/c1-9-7-8-11(15)12(13(9)16)14(17)18-10-5-3-2-4-6-10;;/h2-8,18H,1H3;;/q;+1;-1. The number of carbonyl (C=O) groups is 1. The largest absolute Gasteiger partial charge is 1.00 e. The molecule has 0 saturated heterocycles. The molecule has 2 aromatic rings. The van der Waals surface area contributed by atoms with E-state index in [2.05, 4.69) is 0 Å². The normalized spacial score (nSPS) is 10.5. The van der Waals surface area contributed by atoms with Gasteiger partial charge in [0, 0.05) is 0 Å². The fraction of sp³-hybridized carbons (Fsp3) is 0.0714. The molecule has 0 aliphatic heterocycles. The minimum absolute atomic E-state index is 0. The maximum Gasteiger partial charge on any atom is 1.00 e. The molecule has 1 unspecified atom stereocenters. The van der Waals surface area contributed by atoms with Gasteiger partial charge in [0.1, 0.15) is 0 Å². The van der Waals surface area contributed by atoms with Crippen LogP contribution in [0.4, 0.5) is 0 Å². The van der Waals surface area contributed by atoms with Crippen LogP contribution >= 0.6 is 31.8 Å². The van der Waals surface area contributed by atoms with Crippen molar-refractivity contribution in [1.82, 2.24) is 0 Å². The fourth-order valence-corrected chi connectivity index (χ4v) is 3.29. The quantitative estimate of drug-likeness (QED) is 0.621. The Morgan fingerprint density at radius 1 is 1.11 bits per heavy atom. The maximum atomic E-state index is 12.3. The van der Waals surface area contributed by atoms with Crippen molar-refractivity contribution >= 4 is 42.6 Å². The Morgan fingerprint density at radius 2 is 1.74 bits per heavy atom. The summed E-state index contributed by atoms with van der Waals surface area (Å²) in [6, 6.07) is 13.1. The van der Waals surface area contributed by atoms with E-state index in [4.69, 9.17) is 23.2 Å². The second-order valence-corrected chi connectivity index (χ2v) is 5.94. The van der Waals surface area contributed by atoms with Crippen molar-refractivity contribution < 1.29 is 25.1 Å². The van der Waals surface area contributed by atoms with Crippen molar-refractivity contribution in [2.45, 2.75) is 6.92 Å². The fourth-order valence-electron chi connectivity index (χ4n) is 1.58. The Kier molecular flexibility index (Phi) is 6.61. The summed E-state index contributed by atoms with van der Waals surface area (Å²) in [5.74, 6) is 0. The van der Waals surface area contributed by atoms with E-state index in [0.29, 0.717) is 15.6 Å². The van der Waals surface area contributed by atoms with Gasteiger partial charge in [0.25, 0.3) is 0 Å². The van der Waals surface area contributed by atoms with Crippen LogP contribution in [0, 0.1) is 6.92 Å². The number of hydrogen-bond acceptors (Lipinski definition) is 1. The SMILES string of the molecule is Cc1ccc(Cl)c(C(=O)Pc2ccccc2)c1Cl.[H-].[Li+]. The van der Waals surface area contributed by atoms with Crippen molar-refractivity contribution in [2.75, 3.05) is 0 Å². The van der Waals surface area contributed by atoms with Crippen LogP contribution in [0.5, 0.6) is 0 Å². The molecule has 0 bridgehead atoms. The molecule has 0 amide bonds. The summed E-state index contributed by atoms with van der Waals surface area (Å²) < 4.78 is 0. The van der Waals surface area contributed by atoms with E-state index in [-0.39, 0.29) is 34.4 Å². The van der Waals surface area contributed by atoms with Crippen molar-refractivity contribution in [3.63, 3.8) is 0 Å². The van der Waals surface area contributed by atoms with E-state index in [1.165, 1.54) is 0 Å². The Labute approximate surface area is 138 Å². The first-order chi connectivity index (χ1) is 8.59. The van der Waals surface area contributed by atoms with Gasteiger partial charge in [0.15, 0.2) is 5.52 Å². The average molecular weight is 305 g/mol. The third kappa shape index (κ3) is 4.09. The molecule has 19 heavy (non-hydrogen) atoms. The molecule has 0 radical (unpaired) electrons. The van der Waals surface area contributed by atoms with Gasteiger partial charge in [-0.25, -0.2) is 0 Å². The molecule has 2 rings (SSSR count). The molecule has 1 nitrogen and oxygen atoms in total. The van der Waals surface area contributed by atoms with Crippen LogP contribution in [0.1, 0.15) is 17.3 Å². The smallest absolute Gasteiger partial charge is 1.00 e. The van der Waals surface area contributed by atoms with Crippen LogP contribution in [-0.2, 0) is 0 Å². The number of carbonyl (C=O) groups excluding carboxylic acids is 1. The summed E-state index contributed by atoms with van der Waals surface area (Å²) in [6.07, 6.45) is 0. The molecule has 0 spiro atoms. The van der Waals surface area contributed by atoms with Crippen molar-refractivity contribution in [3.8, 4) is 0 Å². The third-order valence-corrected chi connectivity index (χ3v) is 4.44. The molecular weight excluding hydrogens is 293 g/mol. The average Bonchev–Trinajstić information content (AvgIpc) is 2.36. The molecule has 0 N–H and O–H groups in total. The third-order valence-electron chi connectivity index (χ3n) is 2.54. The van der Waals surface area contributed by atoms with Crippen LogP contribution in [0.2, 0.25) is 10.0 Å². The molecule has 94 valence electrons. The van der Waals surface area contributed by atoms with Gasteiger partial charge in [-0.15, -0.1) is 0 Å². The van der Waals surface area contributed by atoms with Crippen molar-refractivity contribution in [1.29, 1.82) is 0 Å². The van der Waals surface area contributed by atoms with Gasteiger partial charge in [0.05, 0.1) is 15.6 Å². The monoisotopic (exact) mass is 304 g/mol. The zero-order valence-electron chi connectivity index (χ0n) is 11.7. The van der Waals surface area contributed by atoms with Crippen molar-refractivity contribution in [2.24, 2.45) is 0 Å². The van der Waals surface area contributed by atoms with Gasteiger partial charge >= 0.3 is 18.9 Å². The second kappa shape index (κ2) is 7.49. The van der Waals surface area contributed by atoms with Gasteiger partial charge in [-0.2, -0.15) is 0 Å². The number of benzene rings is 2. The number of hydrogen-bond donors (Lipinski definition) is 0. The molecule has 2 aromatic carbocycles. The Hall–Kier alpha value is -0.283. The van der Waals surface area contributed by atoms with E-state index >= 15 is 0 Å². The van der Waals surface area contributed by atoms with E-state index in [1.807, 2.05) is 43.3 Å². The zero-order valence-corrected chi connectivity index (χ0v) is 13.2. The molecule has 1 atom stereocenters. The first kappa shape index (κ1) is 16.8. The van der Waals surface area contributed by atoms with Crippen molar-refractivity contribution in [3.05, 3.63) is 63.6 Å². The summed E-state index contributed by atoms with van der Waals surface area (Å²) in [7, 11) is 0.0370. The summed E-state index contributed by atoms with van der Waals surface area (Å²) in [5, 5.41) is 1.85. The van der Waals surface area contributed by atoms with Gasteiger partial charge in [-0.3, -0.25) is 4.79 Å². The van der Waals surface area contributed by atoms with Crippen LogP contribution < -0.4 is 24.2 Å². The number of rotatable bonds is 3. The minimum atomic E-state index is -0.0279. The predicted molar refractivity (Wildman–Crippen MR) is 81.0 cm³/mol. The van der Waals surface area contributed by atoms with Crippen LogP contribution in [0.15, 0.2) is 42.5 Å². The number of aryl methyl sites for hydroxylation is 1. The zero-order chi connectivity index (χ0) is 13.1. The minimum Gasteiger partial charge on any atom is -1.00 e. The molecule has 0 aliphatic carbocycles. The molecule has 0 aromatic heterocycles. The Bertz CT molecular complexity index is 593. The molecule has 5 heteroatoms. The summed E-state index contributed by atoms with van der Waals surface area (Å²) in [4.78, 5) is 12.3.